The van der Waals surface area contributed by atoms with E-state index in [2.05, 4.69) is 5.32 Å². The Morgan fingerprint density at radius 3 is 2.24 bits per heavy atom. The molecule has 2 aromatic carbocycles. The SMILES string of the molecule is Cc1ccc(N(CC(=O)N(Cc2ccccc2F)[C@H](C)C(=O)NCC(C)C)S(C)(=O)=O)cc1C. The van der Waals surface area contributed by atoms with E-state index in [0.717, 1.165) is 21.7 Å². The van der Waals surface area contributed by atoms with Crippen molar-refractivity contribution in [1.29, 1.82) is 0 Å². The molecule has 7 nitrogen and oxygen atoms in total. The van der Waals surface area contributed by atoms with E-state index in [9.17, 15) is 22.4 Å². The Morgan fingerprint density at radius 1 is 1.03 bits per heavy atom. The summed E-state index contributed by atoms with van der Waals surface area (Å²) >= 11 is 0. The lowest BCUT2D eigenvalue weighted by molar-refractivity contribution is -0.139. The fourth-order valence-corrected chi connectivity index (χ4v) is 4.18. The van der Waals surface area contributed by atoms with Crippen molar-refractivity contribution in [1.82, 2.24) is 10.2 Å². The van der Waals surface area contributed by atoms with Crippen molar-refractivity contribution in [3.8, 4) is 0 Å². The van der Waals surface area contributed by atoms with Crippen LogP contribution in [0.5, 0.6) is 0 Å². The third-order valence-corrected chi connectivity index (χ3v) is 6.75. The molecule has 0 fully saturated rings. The van der Waals surface area contributed by atoms with Gasteiger partial charge in [-0.05, 0) is 56.0 Å². The van der Waals surface area contributed by atoms with Gasteiger partial charge in [0.05, 0.1) is 11.9 Å². The number of sulfonamides is 1. The lowest BCUT2D eigenvalue weighted by Gasteiger charge is -2.31. The number of rotatable bonds is 10. The Morgan fingerprint density at radius 2 is 1.68 bits per heavy atom. The zero-order valence-electron chi connectivity index (χ0n) is 20.6. The predicted octanol–water partition coefficient (Wildman–Crippen LogP) is 3.40. The van der Waals surface area contributed by atoms with E-state index >= 15 is 0 Å². The molecule has 1 N–H and O–H groups in total. The maximum absolute atomic E-state index is 14.4. The molecule has 0 aliphatic carbocycles. The average molecular weight is 492 g/mol. The molecular weight excluding hydrogens is 457 g/mol. The summed E-state index contributed by atoms with van der Waals surface area (Å²) in [6, 6.07) is 10.2. The second-order valence-corrected chi connectivity index (χ2v) is 10.9. The molecule has 0 radical (unpaired) electrons. The molecule has 9 heteroatoms. The van der Waals surface area contributed by atoms with E-state index in [4.69, 9.17) is 0 Å². The van der Waals surface area contributed by atoms with Gasteiger partial charge in [-0.15, -0.1) is 0 Å². The quantitative estimate of drug-likeness (QED) is 0.552. The molecule has 2 rings (SSSR count). The van der Waals surface area contributed by atoms with E-state index in [1.807, 2.05) is 27.7 Å². The fraction of sp³-hybridized carbons (Fsp3) is 0.440. The van der Waals surface area contributed by atoms with Crippen LogP contribution < -0.4 is 9.62 Å². The van der Waals surface area contributed by atoms with Crippen molar-refractivity contribution in [3.05, 3.63) is 65.0 Å². The van der Waals surface area contributed by atoms with Gasteiger partial charge in [-0.25, -0.2) is 12.8 Å². The van der Waals surface area contributed by atoms with Gasteiger partial charge in [-0.1, -0.05) is 38.1 Å². The van der Waals surface area contributed by atoms with Crippen LogP contribution in [-0.2, 0) is 26.2 Å². The van der Waals surface area contributed by atoms with E-state index in [1.54, 1.807) is 31.2 Å². The largest absolute Gasteiger partial charge is 0.354 e. The number of aryl methyl sites for hydroxylation is 2. The number of carbonyl (C=O) groups is 2. The normalized spacial score (nSPS) is 12.4. The smallest absolute Gasteiger partial charge is 0.244 e. The first kappa shape index (κ1) is 27.3. The van der Waals surface area contributed by atoms with Crippen LogP contribution in [0.4, 0.5) is 10.1 Å². The van der Waals surface area contributed by atoms with Crippen LogP contribution in [0.25, 0.3) is 0 Å². The molecule has 186 valence electrons. The molecule has 0 saturated heterocycles. The minimum absolute atomic E-state index is 0.174. The number of amides is 2. The molecule has 0 unspecified atom stereocenters. The minimum Gasteiger partial charge on any atom is -0.354 e. The summed E-state index contributed by atoms with van der Waals surface area (Å²) in [5, 5.41) is 2.79. The second kappa shape index (κ2) is 11.5. The van der Waals surface area contributed by atoms with Gasteiger partial charge in [0, 0.05) is 18.7 Å². The number of carbonyl (C=O) groups excluding carboxylic acids is 2. The van der Waals surface area contributed by atoms with Crippen LogP contribution in [0, 0.1) is 25.6 Å². The molecule has 0 aliphatic heterocycles. The van der Waals surface area contributed by atoms with Crippen LogP contribution in [0.1, 0.15) is 37.5 Å². The zero-order valence-corrected chi connectivity index (χ0v) is 21.4. The van der Waals surface area contributed by atoms with Gasteiger partial charge in [-0.2, -0.15) is 0 Å². The highest BCUT2D eigenvalue weighted by atomic mass is 32.2. The van der Waals surface area contributed by atoms with Crippen LogP contribution in [0.2, 0.25) is 0 Å². The number of benzene rings is 2. The van der Waals surface area contributed by atoms with Crippen LogP contribution >= 0.6 is 0 Å². The molecule has 1 atom stereocenters. The van der Waals surface area contributed by atoms with Crippen molar-refractivity contribution in [2.45, 2.75) is 47.2 Å². The van der Waals surface area contributed by atoms with Crippen LogP contribution in [-0.4, -0.2) is 50.5 Å². The third kappa shape index (κ3) is 7.28. The number of hydrogen-bond donors (Lipinski definition) is 1. The van der Waals surface area contributed by atoms with E-state index in [1.165, 1.54) is 23.1 Å². The second-order valence-electron chi connectivity index (χ2n) is 8.97. The number of halogens is 1. The summed E-state index contributed by atoms with van der Waals surface area (Å²) in [5.41, 5.74) is 2.45. The van der Waals surface area contributed by atoms with Crippen molar-refractivity contribution in [2.75, 3.05) is 23.7 Å². The van der Waals surface area contributed by atoms with Crippen LogP contribution in [0.15, 0.2) is 42.5 Å². The lowest BCUT2D eigenvalue weighted by atomic mass is 10.1. The number of anilines is 1. The Balaban J connectivity index is 2.40. The Labute approximate surface area is 202 Å². The van der Waals surface area contributed by atoms with Gasteiger partial charge in [-0.3, -0.25) is 13.9 Å². The van der Waals surface area contributed by atoms with Crippen LogP contribution in [0.3, 0.4) is 0 Å². The molecule has 0 heterocycles. The molecule has 0 spiro atoms. The van der Waals surface area contributed by atoms with Crippen molar-refractivity contribution >= 4 is 27.5 Å². The summed E-state index contributed by atoms with van der Waals surface area (Å²) in [6.07, 6.45) is 1.02. The first-order chi connectivity index (χ1) is 15.8. The first-order valence-electron chi connectivity index (χ1n) is 11.2. The monoisotopic (exact) mass is 491 g/mol. The maximum Gasteiger partial charge on any atom is 0.244 e. The van der Waals surface area contributed by atoms with Gasteiger partial charge in [0.25, 0.3) is 0 Å². The van der Waals surface area contributed by atoms with Gasteiger partial charge in [0.15, 0.2) is 0 Å². The molecule has 0 saturated carbocycles. The fourth-order valence-electron chi connectivity index (χ4n) is 3.34. The highest BCUT2D eigenvalue weighted by Crippen LogP contribution is 2.22. The van der Waals surface area contributed by atoms with Gasteiger partial charge in [0.2, 0.25) is 21.8 Å². The number of hydrogen-bond acceptors (Lipinski definition) is 4. The highest BCUT2D eigenvalue weighted by Gasteiger charge is 2.30. The topological polar surface area (TPSA) is 86.8 Å². The summed E-state index contributed by atoms with van der Waals surface area (Å²) < 4.78 is 40.6. The molecule has 0 aromatic heterocycles. The minimum atomic E-state index is -3.81. The average Bonchev–Trinajstić information content (AvgIpc) is 2.75. The Hall–Kier alpha value is -2.94. The van der Waals surface area contributed by atoms with E-state index < -0.39 is 40.2 Å². The van der Waals surface area contributed by atoms with Gasteiger partial charge < -0.3 is 10.2 Å². The lowest BCUT2D eigenvalue weighted by Crippen LogP contribution is -2.51. The highest BCUT2D eigenvalue weighted by molar-refractivity contribution is 7.92. The van der Waals surface area contributed by atoms with E-state index in [-0.39, 0.29) is 18.0 Å². The maximum atomic E-state index is 14.4. The number of nitrogens with zero attached hydrogens (tertiary/aromatic N) is 2. The van der Waals surface area contributed by atoms with Crippen molar-refractivity contribution in [3.63, 3.8) is 0 Å². The summed E-state index contributed by atoms with van der Waals surface area (Å²) in [6.45, 7) is 8.93. The molecular formula is C25H34FN3O4S. The molecule has 2 aromatic rings. The molecule has 0 aliphatic rings. The first-order valence-corrected chi connectivity index (χ1v) is 13.0. The summed E-state index contributed by atoms with van der Waals surface area (Å²) in [4.78, 5) is 27.4. The zero-order chi connectivity index (χ0) is 25.6. The predicted molar refractivity (Wildman–Crippen MR) is 132 cm³/mol. The summed E-state index contributed by atoms with van der Waals surface area (Å²) in [7, 11) is -3.81. The third-order valence-electron chi connectivity index (χ3n) is 5.61. The van der Waals surface area contributed by atoms with E-state index in [0.29, 0.717) is 12.2 Å². The summed E-state index contributed by atoms with van der Waals surface area (Å²) in [5.74, 6) is -1.31. The van der Waals surface area contributed by atoms with Crippen molar-refractivity contribution in [2.24, 2.45) is 5.92 Å². The van der Waals surface area contributed by atoms with Gasteiger partial charge >= 0.3 is 0 Å². The molecule has 0 bridgehead atoms. The number of nitrogens with one attached hydrogen (secondary N) is 1. The van der Waals surface area contributed by atoms with Gasteiger partial charge in [0.1, 0.15) is 18.4 Å². The molecule has 34 heavy (non-hydrogen) atoms. The Bertz CT molecular complexity index is 1130. The Kier molecular flexibility index (Phi) is 9.21. The molecule has 2 amide bonds. The standard InChI is InChI=1S/C25H34FN3O4S/c1-17(2)14-27-25(31)20(5)28(15-21-9-7-8-10-23(21)26)24(30)16-29(34(6,32)33)22-12-11-18(3)19(4)13-22/h7-13,17,20H,14-16H2,1-6H3,(H,27,31)/t20-/m1/s1. The van der Waals surface area contributed by atoms with Crippen molar-refractivity contribution < 1.29 is 22.4 Å².